The van der Waals surface area contributed by atoms with Crippen LogP contribution in [0.2, 0.25) is 0 Å². The van der Waals surface area contributed by atoms with E-state index in [2.05, 4.69) is 240 Å². The minimum atomic E-state index is 1.10. The first kappa shape index (κ1) is 33.2. The lowest BCUT2D eigenvalue weighted by molar-refractivity contribution is 1.18. The second kappa shape index (κ2) is 14.4. The average Bonchev–Trinajstić information content (AvgIpc) is 3.63. The van der Waals surface area contributed by atoms with Crippen molar-refractivity contribution in [1.82, 2.24) is 4.57 Å². The zero-order valence-electron chi connectivity index (χ0n) is 30.8. The van der Waals surface area contributed by atoms with Gasteiger partial charge in [-0.3, -0.25) is 0 Å². The van der Waals surface area contributed by atoms with Crippen LogP contribution in [0.3, 0.4) is 0 Å². The number of benzene rings is 9. The second-order valence-corrected chi connectivity index (χ2v) is 14.1. The van der Waals surface area contributed by atoms with E-state index in [0.29, 0.717) is 0 Å². The molecule has 2 nitrogen and oxygen atoms in total. The highest BCUT2D eigenvalue weighted by atomic mass is 15.1. The van der Waals surface area contributed by atoms with Crippen molar-refractivity contribution in [1.29, 1.82) is 0 Å². The fourth-order valence-electron chi connectivity index (χ4n) is 8.25. The third-order valence-corrected chi connectivity index (χ3v) is 10.8. The Morgan fingerprint density at radius 1 is 0.304 bits per heavy atom. The van der Waals surface area contributed by atoms with E-state index in [0.717, 1.165) is 28.3 Å². The Bertz CT molecular complexity index is 2940. The van der Waals surface area contributed by atoms with Crippen LogP contribution in [0, 0.1) is 0 Å². The van der Waals surface area contributed by atoms with Crippen molar-refractivity contribution < 1.29 is 0 Å². The van der Waals surface area contributed by atoms with Crippen molar-refractivity contribution in [2.45, 2.75) is 0 Å². The minimum absolute atomic E-state index is 1.10. The molecule has 9 aromatic carbocycles. The molecule has 0 saturated heterocycles. The van der Waals surface area contributed by atoms with Gasteiger partial charge in [0.1, 0.15) is 0 Å². The summed E-state index contributed by atoms with van der Waals surface area (Å²) >= 11 is 0. The molecule has 0 unspecified atom stereocenters. The number of hydrogen-bond donors (Lipinski definition) is 0. The molecule has 0 amide bonds. The Balaban J connectivity index is 1.14. The number of para-hydroxylation sites is 3. The van der Waals surface area contributed by atoms with Crippen LogP contribution in [0.25, 0.3) is 72.0 Å². The molecular formula is C54H38N2. The zero-order valence-corrected chi connectivity index (χ0v) is 30.8. The maximum atomic E-state index is 2.44. The van der Waals surface area contributed by atoms with Crippen molar-refractivity contribution in [2.75, 3.05) is 4.90 Å². The van der Waals surface area contributed by atoms with Gasteiger partial charge in [-0.1, -0.05) is 176 Å². The van der Waals surface area contributed by atoms with E-state index < -0.39 is 0 Å². The lowest BCUT2D eigenvalue weighted by Gasteiger charge is -2.29. The van der Waals surface area contributed by atoms with Crippen molar-refractivity contribution >= 4 is 38.9 Å². The van der Waals surface area contributed by atoms with Gasteiger partial charge < -0.3 is 9.47 Å². The monoisotopic (exact) mass is 714 g/mol. The number of fused-ring (bicyclic) bond motifs is 3. The van der Waals surface area contributed by atoms with Crippen LogP contribution in [-0.4, -0.2) is 4.57 Å². The fraction of sp³-hybridized carbons (Fsp3) is 0. The van der Waals surface area contributed by atoms with E-state index in [1.807, 2.05) is 0 Å². The van der Waals surface area contributed by atoms with E-state index in [4.69, 9.17) is 0 Å². The molecule has 1 heterocycles. The van der Waals surface area contributed by atoms with E-state index in [1.165, 1.54) is 60.8 Å². The first-order valence-electron chi connectivity index (χ1n) is 19.2. The lowest BCUT2D eigenvalue weighted by atomic mass is 9.94. The molecule has 0 radical (unpaired) electrons. The third-order valence-electron chi connectivity index (χ3n) is 10.8. The van der Waals surface area contributed by atoms with Crippen molar-refractivity contribution in [3.05, 3.63) is 231 Å². The molecule has 2 heteroatoms. The standard InChI is InChI=1S/C54H38N2/c1-4-18-39(19-5-1)42-22-16-23-43(38-42)48-28-12-14-30-50(48)55(44-24-8-3-9-25-44)52-32-17-33-53-54(52)49-29-13-15-31-51(49)56(53)45-36-34-41(35-37-45)47-27-11-10-26-46(47)40-20-6-2-7-21-40/h1-38H. The van der Waals surface area contributed by atoms with Crippen molar-refractivity contribution in [2.24, 2.45) is 0 Å². The van der Waals surface area contributed by atoms with Gasteiger partial charge in [0.05, 0.1) is 22.4 Å². The topological polar surface area (TPSA) is 8.17 Å². The molecule has 0 fully saturated rings. The van der Waals surface area contributed by atoms with Gasteiger partial charge in [0, 0.05) is 27.7 Å². The van der Waals surface area contributed by atoms with Crippen LogP contribution in [-0.2, 0) is 0 Å². The maximum absolute atomic E-state index is 2.44. The van der Waals surface area contributed by atoms with E-state index in [-0.39, 0.29) is 0 Å². The summed E-state index contributed by atoms with van der Waals surface area (Å²) < 4.78 is 2.42. The SMILES string of the molecule is c1ccc(-c2cccc(-c3ccccc3N(c3ccccc3)c3cccc4c3c3ccccc3n4-c3ccc(-c4ccccc4-c4ccccc4)cc3)c2)cc1. The molecule has 0 atom stereocenters. The van der Waals surface area contributed by atoms with Crippen LogP contribution < -0.4 is 4.90 Å². The molecule has 0 spiro atoms. The van der Waals surface area contributed by atoms with Gasteiger partial charge in [-0.15, -0.1) is 0 Å². The van der Waals surface area contributed by atoms with Crippen molar-refractivity contribution in [3.63, 3.8) is 0 Å². The number of anilines is 3. The summed E-state index contributed by atoms with van der Waals surface area (Å²) in [5, 5.41) is 2.42. The molecule has 0 aliphatic heterocycles. The highest BCUT2D eigenvalue weighted by Gasteiger charge is 2.23. The molecule has 1 aromatic heterocycles. The Morgan fingerprint density at radius 3 is 1.54 bits per heavy atom. The number of rotatable bonds is 8. The van der Waals surface area contributed by atoms with Gasteiger partial charge in [0.15, 0.2) is 0 Å². The van der Waals surface area contributed by atoms with Gasteiger partial charge in [-0.2, -0.15) is 0 Å². The molecule has 0 bridgehead atoms. The molecule has 10 rings (SSSR count). The summed E-state index contributed by atoms with van der Waals surface area (Å²) in [5.74, 6) is 0. The zero-order chi connectivity index (χ0) is 37.3. The molecule has 264 valence electrons. The smallest absolute Gasteiger partial charge is 0.0562 e. The van der Waals surface area contributed by atoms with E-state index >= 15 is 0 Å². The Morgan fingerprint density at radius 2 is 0.804 bits per heavy atom. The molecule has 0 aliphatic rings. The van der Waals surface area contributed by atoms with Crippen LogP contribution in [0.15, 0.2) is 231 Å². The quantitative estimate of drug-likeness (QED) is 0.152. The van der Waals surface area contributed by atoms with Crippen LogP contribution in [0.1, 0.15) is 0 Å². The predicted octanol–water partition coefficient (Wildman–Crippen LogP) is 14.9. The highest BCUT2D eigenvalue weighted by molar-refractivity contribution is 6.17. The van der Waals surface area contributed by atoms with Crippen LogP contribution >= 0.6 is 0 Å². The van der Waals surface area contributed by atoms with Crippen LogP contribution in [0.4, 0.5) is 17.1 Å². The summed E-state index contributed by atoms with van der Waals surface area (Å²) in [7, 11) is 0. The normalized spacial score (nSPS) is 11.2. The first-order chi connectivity index (χ1) is 27.8. The Kier molecular flexibility index (Phi) is 8.55. The van der Waals surface area contributed by atoms with Crippen LogP contribution in [0.5, 0.6) is 0 Å². The summed E-state index contributed by atoms with van der Waals surface area (Å²) in [5.41, 5.74) is 16.4. The molecule has 10 aromatic rings. The highest BCUT2D eigenvalue weighted by Crippen LogP contribution is 2.46. The van der Waals surface area contributed by atoms with Gasteiger partial charge in [-0.25, -0.2) is 0 Å². The fourth-order valence-corrected chi connectivity index (χ4v) is 8.25. The second-order valence-electron chi connectivity index (χ2n) is 14.1. The summed E-state index contributed by atoms with van der Waals surface area (Å²) in [4.78, 5) is 2.44. The average molecular weight is 715 g/mol. The third kappa shape index (κ3) is 5.95. The molecule has 0 aliphatic carbocycles. The number of aromatic nitrogens is 1. The molecule has 0 saturated carbocycles. The first-order valence-corrected chi connectivity index (χ1v) is 19.2. The lowest BCUT2D eigenvalue weighted by Crippen LogP contribution is -2.11. The summed E-state index contributed by atoms with van der Waals surface area (Å²) in [6, 6.07) is 83.0. The number of nitrogens with zero attached hydrogens (tertiary/aromatic N) is 2. The minimum Gasteiger partial charge on any atom is -0.309 e. The van der Waals surface area contributed by atoms with Gasteiger partial charge in [-0.05, 0) is 93.5 Å². The summed E-state index contributed by atoms with van der Waals surface area (Å²) in [6.45, 7) is 0. The van der Waals surface area contributed by atoms with Crippen molar-refractivity contribution in [3.8, 4) is 50.2 Å². The van der Waals surface area contributed by atoms with Gasteiger partial charge in [0.25, 0.3) is 0 Å². The summed E-state index contributed by atoms with van der Waals surface area (Å²) in [6.07, 6.45) is 0. The molecular weight excluding hydrogens is 677 g/mol. The molecule has 0 N–H and O–H groups in total. The number of hydrogen-bond acceptors (Lipinski definition) is 1. The molecule has 56 heavy (non-hydrogen) atoms. The maximum Gasteiger partial charge on any atom is 0.0562 e. The Labute approximate surface area is 327 Å². The van der Waals surface area contributed by atoms with E-state index in [1.54, 1.807) is 0 Å². The predicted molar refractivity (Wildman–Crippen MR) is 237 cm³/mol. The largest absolute Gasteiger partial charge is 0.309 e. The Hall–Kier alpha value is -7.42. The van der Waals surface area contributed by atoms with E-state index in [9.17, 15) is 0 Å². The van der Waals surface area contributed by atoms with Gasteiger partial charge >= 0.3 is 0 Å². The van der Waals surface area contributed by atoms with Gasteiger partial charge in [0.2, 0.25) is 0 Å².